The molecule has 0 amide bonds. The number of hydrogen-bond acceptors (Lipinski definition) is 1. The number of hydrogen-bond donors (Lipinski definition) is 1. The summed E-state index contributed by atoms with van der Waals surface area (Å²) in [5.41, 5.74) is 5.90. The summed E-state index contributed by atoms with van der Waals surface area (Å²) < 4.78 is 37.9. The second-order valence-electron chi connectivity index (χ2n) is 5.08. The minimum Gasteiger partial charge on any atom is -0.330 e. The van der Waals surface area contributed by atoms with Gasteiger partial charge >= 0.3 is 6.18 Å². The van der Waals surface area contributed by atoms with Crippen LogP contribution >= 0.6 is 0 Å². The van der Waals surface area contributed by atoms with Crippen LogP contribution in [-0.2, 0) is 6.18 Å². The Morgan fingerprint density at radius 3 is 2.33 bits per heavy atom. The van der Waals surface area contributed by atoms with Crippen LogP contribution in [0.1, 0.15) is 42.7 Å². The summed E-state index contributed by atoms with van der Waals surface area (Å²) in [4.78, 5) is 0. The number of benzene rings is 1. The molecule has 2 rings (SSSR count). The predicted molar refractivity (Wildman–Crippen MR) is 65.2 cm³/mol. The Kier molecular flexibility index (Phi) is 3.95. The minimum absolute atomic E-state index is 0.259. The van der Waals surface area contributed by atoms with E-state index in [1.807, 2.05) is 6.07 Å². The van der Waals surface area contributed by atoms with Gasteiger partial charge in [-0.1, -0.05) is 18.2 Å². The molecule has 0 radical (unpaired) electrons. The van der Waals surface area contributed by atoms with Crippen LogP contribution in [0.3, 0.4) is 0 Å². The molecule has 0 aromatic heterocycles. The van der Waals surface area contributed by atoms with Crippen LogP contribution in [0.25, 0.3) is 0 Å². The van der Waals surface area contributed by atoms with Gasteiger partial charge in [-0.15, -0.1) is 0 Å². The van der Waals surface area contributed by atoms with E-state index >= 15 is 0 Å². The predicted octanol–water partition coefficient (Wildman–Crippen LogP) is 3.94. The van der Waals surface area contributed by atoms with Crippen molar-refractivity contribution in [1.29, 1.82) is 0 Å². The van der Waals surface area contributed by atoms with Crippen molar-refractivity contribution in [1.82, 2.24) is 0 Å². The Labute approximate surface area is 105 Å². The third-order valence-corrected chi connectivity index (χ3v) is 3.87. The van der Waals surface area contributed by atoms with Gasteiger partial charge in [-0.25, -0.2) is 0 Å². The van der Waals surface area contributed by atoms with Crippen molar-refractivity contribution in [2.45, 2.75) is 37.8 Å². The maximum atomic E-state index is 12.6. The van der Waals surface area contributed by atoms with E-state index in [2.05, 4.69) is 0 Å². The summed E-state index contributed by atoms with van der Waals surface area (Å²) in [6.07, 6.45) is -0.300. The molecular weight excluding hydrogens is 239 g/mol. The first-order valence-electron chi connectivity index (χ1n) is 6.38. The van der Waals surface area contributed by atoms with Crippen LogP contribution in [-0.4, -0.2) is 6.54 Å². The maximum absolute atomic E-state index is 12.6. The van der Waals surface area contributed by atoms with Gasteiger partial charge in [-0.3, -0.25) is 0 Å². The molecule has 0 aliphatic heterocycles. The van der Waals surface area contributed by atoms with Gasteiger partial charge in [0.05, 0.1) is 5.56 Å². The highest BCUT2D eigenvalue weighted by atomic mass is 19.4. The SMILES string of the molecule is NCC1CCC(c2cccc(C(F)(F)F)c2)CC1. The van der Waals surface area contributed by atoms with Crippen LogP contribution in [0.5, 0.6) is 0 Å². The maximum Gasteiger partial charge on any atom is 0.416 e. The van der Waals surface area contributed by atoms with Crippen molar-refractivity contribution in [2.24, 2.45) is 11.7 Å². The fourth-order valence-corrected chi connectivity index (χ4v) is 2.70. The van der Waals surface area contributed by atoms with E-state index in [1.54, 1.807) is 0 Å². The minimum atomic E-state index is -4.25. The lowest BCUT2D eigenvalue weighted by atomic mass is 9.78. The van der Waals surface area contributed by atoms with Crippen molar-refractivity contribution in [3.63, 3.8) is 0 Å². The molecule has 0 saturated heterocycles. The number of rotatable bonds is 2. The van der Waals surface area contributed by atoms with Gasteiger partial charge in [-0.05, 0) is 55.7 Å². The van der Waals surface area contributed by atoms with Gasteiger partial charge < -0.3 is 5.73 Å². The first-order valence-corrected chi connectivity index (χ1v) is 6.38. The van der Waals surface area contributed by atoms with E-state index in [4.69, 9.17) is 5.73 Å². The normalized spacial score (nSPS) is 25.1. The zero-order valence-electron chi connectivity index (χ0n) is 10.2. The number of alkyl halides is 3. The Bertz CT molecular complexity index is 392. The lowest BCUT2D eigenvalue weighted by Gasteiger charge is -2.28. The second-order valence-corrected chi connectivity index (χ2v) is 5.08. The van der Waals surface area contributed by atoms with Crippen molar-refractivity contribution >= 4 is 0 Å². The van der Waals surface area contributed by atoms with Gasteiger partial charge in [0.2, 0.25) is 0 Å². The monoisotopic (exact) mass is 257 g/mol. The molecule has 1 aromatic carbocycles. The standard InChI is InChI=1S/C14H18F3N/c15-14(16,17)13-3-1-2-12(8-13)11-6-4-10(9-18)5-7-11/h1-3,8,10-11H,4-7,9,18H2. The summed E-state index contributed by atoms with van der Waals surface area (Å²) in [7, 11) is 0. The summed E-state index contributed by atoms with van der Waals surface area (Å²) in [6, 6.07) is 5.75. The molecule has 1 saturated carbocycles. The Morgan fingerprint density at radius 1 is 1.11 bits per heavy atom. The van der Waals surface area contributed by atoms with Crippen molar-refractivity contribution in [3.05, 3.63) is 35.4 Å². The van der Waals surface area contributed by atoms with E-state index in [1.165, 1.54) is 12.1 Å². The van der Waals surface area contributed by atoms with Gasteiger partial charge in [0.1, 0.15) is 0 Å². The first kappa shape index (κ1) is 13.4. The number of nitrogens with two attached hydrogens (primary N) is 1. The molecule has 4 heteroatoms. The van der Waals surface area contributed by atoms with Crippen LogP contribution in [0.2, 0.25) is 0 Å². The molecule has 0 unspecified atom stereocenters. The van der Waals surface area contributed by atoms with Gasteiger partial charge in [0, 0.05) is 0 Å². The van der Waals surface area contributed by atoms with Crippen LogP contribution in [0.15, 0.2) is 24.3 Å². The molecule has 1 aromatic rings. The molecule has 1 fully saturated rings. The molecule has 1 aliphatic carbocycles. The summed E-state index contributed by atoms with van der Waals surface area (Å²) >= 11 is 0. The Balaban J connectivity index is 2.10. The molecule has 1 nitrogen and oxygen atoms in total. The van der Waals surface area contributed by atoms with E-state index < -0.39 is 11.7 Å². The highest BCUT2D eigenvalue weighted by Gasteiger charge is 2.31. The van der Waals surface area contributed by atoms with Crippen LogP contribution < -0.4 is 5.73 Å². The quantitative estimate of drug-likeness (QED) is 0.853. The average Bonchev–Trinajstić information content (AvgIpc) is 2.38. The third kappa shape index (κ3) is 3.05. The zero-order valence-corrected chi connectivity index (χ0v) is 10.2. The molecular formula is C14H18F3N. The first-order chi connectivity index (χ1) is 8.50. The Morgan fingerprint density at radius 2 is 1.78 bits per heavy atom. The van der Waals surface area contributed by atoms with Crippen molar-refractivity contribution in [3.8, 4) is 0 Å². The van der Waals surface area contributed by atoms with Gasteiger partial charge in [0.25, 0.3) is 0 Å². The van der Waals surface area contributed by atoms with Gasteiger partial charge in [0.15, 0.2) is 0 Å². The largest absolute Gasteiger partial charge is 0.416 e. The molecule has 0 bridgehead atoms. The van der Waals surface area contributed by atoms with Gasteiger partial charge in [-0.2, -0.15) is 13.2 Å². The Hall–Kier alpha value is -1.03. The topological polar surface area (TPSA) is 26.0 Å². The van der Waals surface area contributed by atoms with E-state index in [0.717, 1.165) is 37.3 Å². The molecule has 0 atom stereocenters. The number of halogens is 3. The van der Waals surface area contributed by atoms with Crippen LogP contribution in [0.4, 0.5) is 13.2 Å². The fraction of sp³-hybridized carbons (Fsp3) is 0.571. The average molecular weight is 257 g/mol. The zero-order chi connectivity index (χ0) is 13.2. The molecule has 100 valence electrons. The highest BCUT2D eigenvalue weighted by molar-refractivity contribution is 5.28. The van der Waals surface area contributed by atoms with Crippen molar-refractivity contribution in [2.75, 3.05) is 6.54 Å². The molecule has 1 aliphatic rings. The molecule has 2 N–H and O–H groups in total. The summed E-state index contributed by atoms with van der Waals surface area (Å²) in [6.45, 7) is 0.690. The molecule has 18 heavy (non-hydrogen) atoms. The molecule has 0 heterocycles. The summed E-state index contributed by atoms with van der Waals surface area (Å²) in [5, 5.41) is 0. The van der Waals surface area contributed by atoms with E-state index in [-0.39, 0.29) is 5.92 Å². The summed E-state index contributed by atoms with van der Waals surface area (Å²) in [5.74, 6) is 0.808. The lowest BCUT2D eigenvalue weighted by molar-refractivity contribution is -0.137. The van der Waals surface area contributed by atoms with E-state index in [0.29, 0.717) is 12.5 Å². The smallest absolute Gasteiger partial charge is 0.330 e. The van der Waals surface area contributed by atoms with E-state index in [9.17, 15) is 13.2 Å². The van der Waals surface area contributed by atoms with Crippen LogP contribution in [0, 0.1) is 5.92 Å². The highest BCUT2D eigenvalue weighted by Crippen LogP contribution is 2.37. The third-order valence-electron chi connectivity index (χ3n) is 3.87. The molecule has 0 spiro atoms. The lowest BCUT2D eigenvalue weighted by Crippen LogP contribution is -2.20. The van der Waals surface area contributed by atoms with Crippen molar-refractivity contribution < 1.29 is 13.2 Å². The fourth-order valence-electron chi connectivity index (χ4n) is 2.70. The second kappa shape index (κ2) is 5.31.